The van der Waals surface area contributed by atoms with E-state index in [9.17, 15) is 4.79 Å². The Kier molecular flexibility index (Phi) is 4.04. The molecule has 0 aromatic carbocycles. The number of nitrogens with zero attached hydrogens (tertiary/aromatic N) is 1. The van der Waals surface area contributed by atoms with E-state index in [-0.39, 0.29) is 6.04 Å². The van der Waals surface area contributed by atoms with Gasteiger partial charge in [0.25, 0.3) is 0 Å². The van der Waals surface area contributed by atoms with Crippen molar-refractivity contribution in [2.75, 3.05) is 19.7 Å². The van der Waals surface area contributed by atoms with Gasteiger partial charge in [-0.1, -0.05) is 0 Å². The minimum absolute atomic E-state index is 0.266. The lowest BCUT2D eigenvalue weighted by molar-refractivity contribution is -0.169. The minimum atomic E-state index is 0.266. The van der Waals surface area contributed by atoms with Crippen LogP contribution < -0.4 is 5.32 Å². The van der Waals surface area contributed by atoms with E-state index in [1.807, 2.05) is 12.0 Å². The molecule has 1 saturated heterocycles. The maximum absolute atomic E-state index is 10.2. The number of piperidine rings is 1. The first-order valence-electron chi connectivity index (χ1n) is 4.44. The second-order valence-corrected chi connectivity index (χ2v) is 2.93. The Morgan fingerprint density at radius 2 is 2.58 bits per heavy atom. The van der Waals surface area contributed by atoms with Gasteiger partial charge in [0, 0.05) is 19.1 Å². The van der Waals surface area contributed by atoms with Gasteiger partial charge < -0.3 is 5.32 Å². The van der Waals surface area contributed by atoms with Crippen LogP contribution in [0.3, 0.4) is 0 Å². The van der Waals surface area contributed by atoms with E-state index in [4.69, 9.17) is 4.84 Å². The summed E-state index contributed by atoms with van der Waals surface area (Å²) in [5, 5.41) is 4.69. The average molecular weight is 172 g/mol. The molecular formula is C8H16N2O2. The van der Waals surface area contributed by atoms with Crippen molar-refractivity contribution in [2.45, 2.75) is 25.8 Å². The number of carbonyl (C=O) groups is 1. The van der Waals surface area contributed by atoms with Crippen LogP contribution in [0, 0.1) is 0 Å². The van der Waals surface area contributed by atoms with E-state index in [0.717, 1.165) is 32.3 Å². The zero-order valence-corrected chi connectivity index (χ0v) is 7.45. The summed E-state index contributed by atoms with van der Waals surface area (Å²) in [5.74, 6) is 0. The zero-order valence-electron chi connectivity index (χ0n) is 7.45. The molecule has 1 rings (SSSR count). The van der Waals surface area contributed by atoms with E-state index in [1.165, 1.54) is 0 Å². The molecule has 0 radical (unpaired) electrons. The summed E-state index contributed by atoms with van der Waals surface area (Å²) < 4.78 is 0. The quantitative estimate of drug-likeness (QED) is 0.614. The molecule has 1 N–H and O–H groups in total. The Balaban J connectivity index is 2.24. The number of hydroxylamine groups is 2. The second-order valence-electron chi connectivity index (χ2n) is 2.93. The van der Waals surface area contributed by atoms with E-state index in [2.05, 4.69) is 5.32 Å². The van der Waals surface area contributed by atoms with E-state index in [1.54, 1.807) is 0 Å². The van der Waals surface area contributed by atoms with Gasteiger partial charge in [0.05, 0.1) is 6.61 Å². The molecule has 0 aliphatic carbocycles. The molecule has 1 aliphatic rings. The Labute approximate surface area is 72.8 Å². The predicted octanol–water partition coefficient (Wildman–Crippen LogP) is 0.148. The largest absolute Gasteiger partial charge is 0.355 e. The molecule has 12 heavy (non-hydrogen) atoms. The summed E-state index contributed by atoms with van der Waals surface area (Å²) >= 11 is 0. The molecule has 70 valence electrons. The number of rotatable bonds is 4. The van der Waals surface area contributed by atoms with Crippen molar-refractivity contribution in [3.05, 3.63) is 0 Å². The van der Waals surface area contributed by atoms with Gasteiger partial charge in [0.15, 0.2) is 0 Å². The molecule has 4 heteroatoms. The molecule has 1 heterocycles. The van der Waals surface area contributed by atoms with Crippen LogP contribution in [0.5, 0.6) is 0 Å². The van der Waals surface area contributed by atoms with Crippen LogP contribution in [0.4, 0.5) is 0 Å². The SMILES string of the molecule is CCON1CCC[C@H](NC=O)C1. The van der Waals surface area contributed by atoms with Crippen LogP contribution in [0.1, 0.15) is 19.8 Å². The van der Waals surface area contributed by atoms with Gasteiger partial charge in [-0.25, -0.2) is 0 Å². The Bertz CT molecular complexity index is 139. The van der Waals surface area contributed by atoms with E-state index >= 15 is 0 Å². The molecule has 0 spiro atoms. The van der Waals surface area contributed by atoms with Crippen molar-refractivity contribution in [1.82, 2.24) is 10.4 Å². The van der Waals surface area contributed by atoms with Crippen LogP contribution in [-0.2, 0) is 9.63 Å². The van der Waals surface area contributed by atoms with Gasteiger partial charge in [-0.3, -0.25) is 9.63 Å². The van der Waals surface area contributed by atoms with Gasteiger partial charge in [-0.15, -0.1) is 0 Å². The van der Waals surface area contributed by atoms with E-state index in [0.29, 0.717) is 6.61 Å². The number of hydrogen-bond acceptors (Lipinski definition) is 3. The molecule has 0 aromatic rings. The normalized spacial score (nSPS) is 25.2. The highest BCUT2D eigenvalue weighted by Gasteiger charge is 2.18. The van der Waals surface area contributed by atoms with Crippen molar-refractivity contribution < 1.29 is 9.63 Å². The maximum Gasteiger partial charge on any atom is 0.207 e. The third-order valence-electron chi connectivity index (χ3n) is 2.00. The van der Waals surface area contributed by atoms with Gasteiger partial charge in [0.2, 0.25) is 6.41 Å². The summed E-state index contributed by atoms with van der Waals surface area (Å²) in [4.78, 5) is 15.5. The van der Waals surface area contributed by atoms with Crippen LogP contribution in [0.15, 0.2) is 0 Å². The summed E-state index contributed by atoms with van der Waals surface area (Å²) in [7, 11) is 0. The van der Waals surface area contributed by atoms with Crippen molar-refractivity contribution in [3.63, 3.8) is 0 Å². The van der Waals surface area contributed by atoms with Crippen molar-refractivity contribution in [3.8, 4) is 0 Å². The molecule has 1 atom stereocenters. The average Bonchev–Trinajstić information content (AvgIpc) is 2.06. The van der Waals surface area contributed by atoms with Gasteiger partial charge >= 0.3 is 0 Å². The fraction of sp³-hybridized carbons (Fsp3) is 0.875. The highest BCUT2D eigenvalue weighted by molar-refractivity contribution is 5.46. The molecule has 0 unspecified atom stereocenters. The summed E-state index contributed by atoms with van der Waals surface area (Å²) in [6, 6.07) is 0.266. The highest BCUT2D eigenvalue weighted by atomic mass is 16.7. The zero-order chi connectivity index (χ0) is 8.81. The fourth-order valence-corrected chi connectivity index (χ4v) is 1.47. The van der Waals surface area contributed by atoms with Crippen molar-refractivity contribution in [1.29, 1.82) is 0 Å². The minimum Gasteiger partial charge on any atom is -0.355 e. The lowest BCUT2D eigenvalue weighted by atomic mass is 10.1. The highest BCUT2D eigenvalue weighted by Crippen LogP contribution is 2.09. The first kappa shape index (κ1) is 9.48. The van der Waals surface area contributed by atoms with Crippen LogP contribution in [0.2, 0.25) is 0 Å². The maximum atomic E-state index is 10.2. The Hall–Kier alpha value is -0.610. The fourth-order valence-electron chi connectivity index (χ4n) is 1.47. The standard InChI is InChI=1S/C8H16N2O2/c1-2-12-10-5-3-4-8(6-10)9-7-11/h7-8H,2-6H2,1H3,(H,9,11)/t8-/m0/s1. The van der Waals surface area contributed by atoms with Crippen molar-refractivity contribution >= 4 is 6.41 Å². The summed E-state index contributed by atoms with van der Waals surface area (Å²) in [5.41, 5.74) is 0. The van der Waals surface area contributed by atoms with Gasteiger partial charge in [-0.2, -0.15) is 5.06 Å². The first-order chi connectivity index (χ1) is 5.86. The lowest BCUT2D eigenvalue weighted by Gasteiger charge is -2.30. The Morgan fingerprint density at radius 1 is 1.75 bits per heavy atom. The van der Waals surface area contributed by atoms with E-state index < -0.39 is 0 Å². The monoisotopic (exact) mass is 172 g/mol. The topological polar surface area (TPSA) is 41.6 Å². The number of carbonyl (C=O) groups excluding carboxylic acids is 1. The number of nitrogens with one attached hydrogen (secondary N) is 1. The predicted molar refractivity (Wildman–Crippen MR) is 45.4 cm³/mol. The van der Waals surface area contributed by atoms with Crippen molar-refractivity contribution in [2.24, 2.45) is 0 Å². The second kappa shape index (κ2) is 5.11. The van der Waals surface area contributed by atoms with Crippen LogP contribution in [-0.4, -0.2) is 37.2 Å². The molecule has 0 aromatic heterocycles. The Morgan fingerprint density at radius 3 is 3.25 bits per heavy atom. The molecule has 0 bridgehead atoms. The van der Waals surface area contributed by atoms with Gasteiger partial charge in [-0.05, 0) is 19.8 Å². The lowest BCUT2D eigenvalue weighted by Crippen LogP contribution is -2.45. The summed E-state index contributed by atoms with van der Waals surface area (Å²) in [6.07, 6.45) is 2.91. The number of hydrogen-bond donors (Lipinski definition) is 1. The molecule has 0 saturated carbocycles. The molecule has 4 nitrogen and oxygen atoms in total. The van der Waals surface area contributed by atoms with Crippen LogP contribution >= 0.6 is 0 Å². The third-order valence-corrected chi connectivity index (χ3v) is 2.00. The summed E-state index contributed by atoms with van der Waals surface area (Å²) in [6.45, 7) is 4.46. The smallest absolute Gasteiger partial charge is 0.207 e. The number of amides is 1. The van der Waals surface area contributed by atoms with Crippen LogP contribution in [0.25, 0.3) is 0 Å². The molecule has 1 aliphatic heterocycles. The first-order valence-corrected chi connectivity index (χ1v) is 4.44. The van der Waals surface area contributed by atoms with Gasteiger partial charge in [0.1, 0.15) is 0 Å². The molecule has 1 fully saturated rings. The molecular weight excluding hydrogens is 156 g/mol. The third kappa shape index (κ3) is 2.79. The molecule has 1 amide bonds.